The monoisotopic (exact) mass is 480 g/mol. The standard InChI is InChI=1S/C27H32N2O6/c1-29-10-9-27-17-7-8-18(28-19(26(32)33)11-14-3-5-15(30)6-4-14)25(27)35-24-21(31)13-22(34-2)16(23(24)27)12-20(17)29/h3-6,13,17-20,25,28,30-31H,7-12H2,1-2H3,(H,32,33)/t17-,18+,19-,20+,25-,27-/m0/s1. The molecule has 186 valence electrons. The minimum atomic E-state index is -0.914. The number of nitrogens with one attached hydrogen (secondary N) is 1. The summed E-state index contributed by atoms with van der Waals surface area (Å²) in [6, 6.07) is 7.72. The van der Waals surface area contributed by atoms with E-state index in [1.54, 1.807) is 37.4 Å². The number of aromatic hydroxyl groups is 2. The Balaban J connectivity index is 1.38. The van der Waals surface area contributed by atoms with Crippen LogP contribution in [0.5, 0.6) is 23.0 Å². The second-order valence-corrected chi connectivity index (χ2v) is 10.6. The van der Waals surface area contributed by atoms with Gasteiger partial charge in [-0.3, -0.25) is 10.1 Å². The second-order valence-electron chi connectivity index (χ2n) is 10.6. The van der Waals surface area contributed by atoms with Crippen molar-refractivity contribution in [3.05, 3.63) is 47.0 Å². The van der Waals surface area contributed by atoms with Crippen LogP contribution in [0.4, 0.5) is 0 Å². The first-order valence-corrected chi connectivity index (χ1v) is 12.4. The van der Waals surface area contributed by atoms with Crippen molar-refractivity contribution >= 4 is 5.97 Å². The van der Waals surface area contributed by atoms with Crippen molar-refractivity contribution < 1.29 is 29.6 Å². The number of hydrogen-bond acceptors (Lipinski definition) is 7. The molecule has 4 aliphatic rings. The topological polar surface area (TPSA) is 111 Å². The van der Waals surface area contributed by atoms with Crippen molar-refractivity contribution in [3.8, 4) is 23.0 Å². The molecule has 0 unspecified atom stereocenters. The van der Waals surface area contributed by atoms with Gasteiger partial charge in [0.2, 0.25) is 0 Å². The summed E-state index contributed by atoms with van der Waals surface area (Å²) in [5, 5.41) is 34.0. The number of carboxylic acid groups (broad SMARTS) is 1. The number of hydrogen-bond donors (Lipinski definition) is 4. The fourth-order valence-corrected chi connectivity index (χ4v) is 7.49. The van der Waals surface area contributed by atoms with Gasteiger partial charge in [0.1, 0.15) is 23.6 Å². The lowest BCUT2D eigenvalue weighted by molar-refractivity contribution is -0.140. The highest BCUT2D eigenvalue weighted by Crippen LogP contribution is 2.65. The first-order valence-electron chi connectivity index (χ1n) is 12.4. The number of rotatable bonds is 6. The Hall–Kier alpha value is -2.97. The third-order valence-electron chi connectivity index (χ3n) is 8.99. The number of phenols is 2. The molecule has 2 bridgehead atoms. The molecule has 6 atom stereocenters. The van der Waals surface area contributed by atoms with Gasteiger partial charge in [-0.15, -0.1) is 0 Å². The Bertz CT molecular complexity index is 1170. The number of likely N-dealkylation sites (tertiary alicyclic amines) is 1. The van der Waals surface area contributed by atoms with Crippen LogP contribution in [0.3, 0.4) is 0 Å². The van der Waals surface area contributed by atoms with E-state index in [9.17, 15) is 20.1 Å². The molecule has 1 spiro atoms. The lowest BCUT2D eigenvalue weighted by atomic mass is 9.51. The fourth-order valence-electron chi connectivity index (χ4n) is 7.49. The van der Waals surface area contributed by atoms with Gasteiger partial charge in [-0.05, 0) is 69.3 Å². The SMILES string of the molecule is COc1cc(O)c2c3c1C[C@@H]1[C@@H]4CC[C@@H](N[C@@H](Cc5ccc(O)cc5)C(=O)O)[C@H](O2)[C@]34CCN1C. The summed E-state index contributed by atoms with van der Waals surface area (Å²) >= 11 is 0. The molecule has 1 saturated carbocycles. The number of methoxy groups -OCH3 is 1. The molecule has 8 heteroatoms. The zero-order valence-electron chi connectivity index (χ0n) is 20.0. The molecule has 8 nitrogen and oxygen atoms in total. The molecule has 2 aliphatic heterocycles. The number of carbonyl (C=O) groups is 1. The number of nitrogens with zero attached hydrogens (tertiary/aromatic N) is 1. The largest absolute Gasteiger partial charge is 0.508 e. The third kappa shape index (κ3) is 3.23. The average molecular weight is 481 g/mol. The number of likely N-dealkylation sites (N-methyl/N-ethyl adjacent to an activating group) is 1. The smallest absolute Gasteiger partial charge is 0.321 e. The van der Waals surface area contributed by atoms with Crippen molar-refractivity contribution in [2.24, 2.45) is 5.92 Å². The van der Waals surface area contributed by atoms with Gasteiger partial charge in [-0.25, -0.2) is 0 Å². The van der Waals surface area contributed by atoms with E-state index in [0.29, 0.717) is 29.9 Å². The zero-order chi connectivity index (χ0) is 24.5. The zero-order valence-corrected chi connectivity index (χ0v) is 20.0. The lowest BCUT2D eigenvalue weighted by Gasteiger charge is -2.59. The minimum absolute atomic E-state index is 0.0955. The number of benzene rings is 2. The van der Waals surface area contributed by atoms with Crippen molar-refractivity contribution in [2.75, 3.05) is 20.7 Å². The average Bonchev–Trinajstić information content (AvgIpc) is 3.19. The highest BCUT2D eigenvalue weighted by atomic mass is 16.5. The normalized spacial score (nSPS) is 31.4. The van der Waals surface area contributed by atoms with Crippen LogP contribution in [0.2, 0.25) is 0 Å². The van der Waals surface area contributed by atoms with E-state index >= 15 is 0 Å². The van der Waals surface area contributed by atoms with E-state index in [1.807, 2.05) is 0 Å². The van der Waals surface area contributed by atoms with Crippen LogP contribution < -0.4 is 14.8 Å². The second kappa shape index (κ2) is 8.03. The Morgan fingerprint density at radius 2 is 2.06 bits per heavy atom. The number of aliphatic carboxylic acids is 1. The van der Waals surface area contributed by atoms with Crippen molar-refractivity contribution in [3.63, 3.8) is 0 Å². The van der Waals surface area contributed by atoms with Gasteiger partial charge in [-0.1, -0.05) is 12.1 Å². The molecule has 35 heavy (non-hydrogen) atoms. The van der Waals surface area contributed by atoms with Gasteiger partial charge in [0.15, 0.2) is 11.5 Å². The van der Waals surface area contributed by atoms with E-state index in [1.165, 1.54) is 0 Å². The summed E-state index contributed by atoms with van der Waals surface area (Å²) in [5.41, 5.74) is 2.77. The first-order chi connectivity index (χ1) is 16.8. The molecule has 2 aliphatic carbocycles. The summed E-state index contributed by atoms with van der Waals surface area (Å²) in [6.07, 6.45) is 3.58. The Labute approximate surface area is 204 Å². The Morgan fingerprint density at radius 3 is 2.77 bits per heavy atom. The van der Waals surface area contributed by atoms with Gasteiger partial charge in [0.25, 0.3) is 0 Å². The highest BCUT2D eigenvalue weighted by molar-refractivity contribution is 5.74. The maximum Gasteiger partial charge on any atom is 0.321 e. The molecular formula is C27H32N2O6. The number of piperidine rings is 1. The van der Waals surface area contributed by atoms with Gasteiger partial charge in [0.05, 0.1) is 7.11 Å². The van der Waals surface area contributed by atoms with Crippen molar-refractivity contribution in [2.45, 2.75) is 61.7 Å². The molecule has 0 radical (unpaired) electrons. The molecule has 6 rings (SSSR count). The van der Waals surface area contributed by atoms with Gasteiger partial charge in [-0.2, -0.15) is 0 Å². The van der Waals surface area contributed by atoms with Crippen LogP contribution in [0.25, 0.3) is 0 Å². The van der Waals surface area contributed by atoms with E-state index in [-0.39, 0.29) is 29.1 Å². The molecular weight excluding hydrogens is 448 g/mol. The van der Waals surface area contributed by atoms with Gasteiger partial charge in [0, 0.05) is 34.7 Å². The van der Waals surface area contributed by atoms with Crippen LogP contribution in [0, 0.1) is 5.92 Å². The third-order valence-corrected chi connectivity index (χ3v) is 8.99. The number of phenolic OH excluding ortho intramolecular Hbond substituents is 2. The molecule has 0 aromatic heterocycles. The van der Waals surface area contributed by atoms with E-state index in [4.69, 9.17) is 9.47 Å². The van der Waals surface area contributed by atoms with Gasteiger partial charge < -0.3 is 29.7 Å². The first kappa shape index (κ1) is 22.5. The lowest BCUT2D eigenvalue weighted by Crippen LogP contribution is -2.69. The summed E-state index contributed by atoms with van der Waals surface area (Å²) in [4.78, 5) is 14.7. The summed E-state index contributed by atoms with van der Waals surface area (Å²) in [7, 11) is 3.82. The predicted molar refractivity (Wildman–Crippen MR) is 128 cm³/mol. The maximum atomic E-state index is 12.3. The number of ether oxygens (including phenoxy) is 2. The van der Waals surface area contributed by atoms with Crippen LogP contribution in [0.1, 0.15) is 36.0 Å². The molecule has 4 N–H and O–H groups in total. The van der Waals surface area contributed by atoms with Crippen LogP contribution in [-0.4, -0.2) is 71.1 Å². The summed E-state index contributed by atoms with van der Waals surface area (Å²) < 4.78 is 12.3. The van der Waals surface area contributed by atoms with E-state index < -0.39 is 12.0 Å². The highest BCUT2D eigenvalue weighted by Gasteiger charge is 2.66. The molecule has 2 aromatic rings. The predicted octanol–water partition coefficient (Wildman–Crippen LogP) is 2.43. The summed E-state index contributed by atoms with van der Waals surface area (Å²) in [5.74, 6) is 0.974. The molecule has 0 amide bonds. The Kier molecular flexibility index (Phi) is 5.16. The summed E-state index contributed by atoms with van der Waals surface area (Å²) in [6.45, 7) is 0.931. The van der Waals surface area contributed by atoms with Crippen LogP contribution in [0.15, 0.2) is 30.3 Å². The maximum absolute atomic E-state index is 12.3. The quantitative estimate of drug-likeness (QED) is 0.499. The van der Waals surface area contributed by atoms with Gasteiger partial charge >= 0.3 is 5.97 Å². The van der Waals surface area contributed by atoms with E-state index in [2.05, 4.69) is 17.3 Å². The van der Waals surface area contributed by atoms with E-state index in [0.717, 1.165) is 48.9 Å². The Morgan fingerprint density at radius 1 is 1.29 bits per heavy atom. The van der Waals surface area contributed by atoms with Crippen LogP contribution in [-0.2, 0) is 23.1 Å². The number of carboxylic acids is 1. The molecule has 1 saturated heterocycles. The van der Waals surface area contributed by atoms with Crippen LogP contribution >= 0.6 is 0 Å². The fraction of sp³-hybridized carbons (Fsp3) is 0.519. The van der Waals surface area contributed by atoms with Crippen molar-refractivity contribution in [1.29, 1.82) is 0 Å². The molecule has 2 heterocycles. The molecule has 2 fully saturated rings. The molecule has 2 aromatic carbocycles. The minimum Gasteiger partial charge on any atom is -0.508 e. The van der Waals surface area contributed by atoms with Crippen molar-refractivity contribution in [1.82, 2.24) is 10.2 Å².